The fourth-order valence-electron chi connectivity index (χ4n) is 0.151. The average Bonchev–Trinajstić information content (AvgIpc) is 2.02. The number of hydrogen-bond donors (Lipinski definition) is 1. The van der Waals surface area contributed by atoms with Crippen LogP contribution in [0.15, 0.2) is 12.7 Å². The van der Waals surface area contributed by atoms with Crippen molar-refractivity contribution in [3.63, 3.8) is 0 Å². The van der Waals surface area contributed by atoms with Crippen LogP contribution < -0.4 is 35.3 Å². The van der Waals surface area contributed by atoms with Crippen molar-refractivity contribution in [2.24, 2.45) is 5.73 Å². The Morgan fingerprint density at radius 2 is 2.23 bits per heavy atom. The molecule has 1 amide bonds. The number of nitrogens with two attached hydrogens (primary N) is 1. The number of carbonyl (C=O) groups excluding carboxylic acids is 1. The summed E-state index contributed by atoms with van der Waals surface area (Å²) in [6.07, 6.45) is 1.79. The van der Waals surface area contributed by atoms with Gasteiger partial charge in [0.2, 0.25) is 5.91 Å². The zero-order valence-corrected chi connectivity index (χ0v) is 10.6. The Hall–Kier alpha value is 0.280. The van der Waals surface area contributed by atoms with Crippen LogP contribution in [0.1, 0.15) is 14.8 Å². The molecule has 0 fully saturated rings. The molecule has 13 heavy (non-hydrogen) atoms. The van der Waals surface area contributed by atoms with Gasteiger partial charge < -0.3 is 15.9 Å². The van der Waals surface area contributed by atoms with Gasteiger partial charge in [-0.15, -0.1) is 0 Å². The van der Waals surface area contributed by atoms with E-state index in [4.69, 9.17) is 0 Å². The third-order valence-electron chi connectivity index (χ3n) is 0.585. The summed E-state index contributed by atoms with van der Waals surface area (Å²) in [7, 11) is 0. The van der Waals surface area contributed by atoms with Gasteiger partial charge in [-0.3, -0.25) is 4.79 Å². The number of primary amides is 1. The topological polar surface area (TPSA) is 92.5 Å². The first kappa shape index (κ1) is 18.9. The van der Waals surface area contributed by atoms with Crippen LogP contribution in [0.25, 0.3) is 0 Å². The first-order valence-corrected chi connectivity index (χ1v) is 4.19. The zero-order chi connectivity index (χ0) is 9.98. The molecule has 5 nitrogen and oxygen atoms in total. The summed E-state index contributed by atoms with van der Waals surface area (Å²) in [5, 5.41) is 0. The van der Waals surface area contributed by atoms with Gasteiger partial charge in [0.05, 0.1) is 18.0 Å². The maximum absolute atomic E-state index is 9.54. The Morgan fingerprint density at radius 3 is 2.31 bits per heavy atom. The molecule has 0 aliphatic rings. The molecule has 74 valence electrons. The van der Waals surface area contributed by atoms with E-state index in [-0.39, 0.29) is 37.6 Å². The van der Waals surface area contributed by atoms with Gasteiger partial charge in [0.1, 0.15) is 0 Å². The molecule has 0 bridgehead atoms. The van der Waals surface area contributed by atoms with E-state index in [2.05, 4.69) is 16.5 Å². The van der Waals surface area contributed by atoms with Crippen molar-refractivity contribution in [1.29, 1.82) is 0 Å². The Balaban J connectivity index is -0.0000000651. The van der Waals surface area contributed by atoms with E-state index in [1.54, 1.807) is 0 Å². The minimum absolute atomic E-state index is 0. The smallest absolute Gasteiger partial charge is 1.00 e. The Labute approximate surface area is 104 Å². The molecular formula is C6H13NNaO4S-. The zero-order valence-electron chi connectivity index (χ0n) is 8.82. The van der Waals surface area contributed by atoms with Gasteiger partial charge in [-0.25, -0.2) is 4.21 Å². The van der Waals surface area contributed by atoms with Crippen molar-refractivity contribution in [3.8, 4) is 0 Å². The van der Waals surface area contributed by atoms with E-state index >= 15 is 0 Å². The molecule has 0 rings (SSSR count). The molecular weight excluding hydrogens is 205 g/mol. The fraction of sp³-hybridized carbons (Fsp3) is 0.500. The predicted molar refractivity (Wildman–Crippen MR) is 45.7 cm³/mol. The number of rotatable bonds is 4. The second-order valence-electron chi connectivity index (χ2n) is 1.63. The molecule has 0 radical (unpaired) electrons. The van der Waals surface area contributed by atoms with Gasteiger partial charge in [-0.2, -0.15) is 0 Å². The van der Waals surface area contributed by atoms with Gasteiger partial charge in [-0.1, -0.05) is 13.5 Å². The Bertz CT molecular complexity index is 170. The molecule has 0 aromatic rings. The van der Waals surface area contributed by atoms with Crippen molar-refractivity contribution in [3.05, 3.63) is 12.7 Å². The second kappa shape index (κ2) is 14.8. The molecule has 7 heteroatoms. The van der Waals surface area contributed by atoms with E-state index in [1.165, 1.54) is 0 Å². The summed E-state index contributed by atoms with van der Waals surface area (Å²) in [5.74, 6) is -0.481. The summed E-state index contributed by atoms with van der Waals surface area (Å²) in [6.45, 7) is 5.21. The first-order valence-electron chi connectivity index (χ1n) is 3.19. The molecule has 0 saturated carbocycles. The van der Waals surface area contributed by atoms with Crippen LogP contribution in [-0.2, 0) is 20.3 Å². The molecule has 0 aliphatic heterocycles. The molecule has 1 atom stereocenters. The third kappa shape index (κ3) is 32.9. The van der Waals surface area contributed by atoms with Gasteiger partial charge in [0.15, 0.2) is 0 Å². The van der Waals surface area contributed by atoms with E-state index in [0.29, 0.717) is 0 Å². The summed E-state index contributed by atoms with van der Waals surface area (Å²) >= 11 is -2.32. The number of hydrogen-bond acceptors (Lipinski definition) is 4. The first-order chi connectivity index (χ1) is 5.54. The summed E-state index contributed by atoms with van der Waals surface area (Å²) in [4.78, 5) is 9.47. The van der Waals surface area contributed by atoms with Crippen LogP contribution in [0.5, 0.6) is 0 Å². The normalized spacial score (nSPS) is 10.0. The maximum atomic E-state index is 9.54. The van der Waals surface area contributed by atoms with Crippen LogP contribution in [0.4, 0.5) is 0 Å². The fourth-order valence-corrected chi connectivity index (χ4v) is 0.454. The van der Waals surface area contributed by atoms with E-state index < -0.39 is 17.3 Å². The molecule has 0 heterocycles. The molecule has 0 spiro atoms. The van der Waals surface area contributed by atoms with Gasteiger partial charge in [0.25, 0.3) is 0 Å². The molecule has 1 unspecified atom stereocenters. The summed E-state index contributed by atoms with van der Waals surface area (Å²) < 4.78 is 23.2. The number of carbonyl (C=O) groups is 1. The molecule has 2 N–H and O–H groups in total. The SMILES string of the molecule is C=CC(N)=O.CCCOS(=O)[O-].[H-].[Na+]. The predicted octanol–water partition coefficient (Wildman–Crippen LogP) is -3.02. The van der Waals surface area contributed by atoms with Crippen LogP contribution in [-0.4, -0.2) is 21.3 Å². The van der Waals surface area contributed by atoms with Gasteiger partial charge in [-0.05, 0) is 12.5 Å². The maximum Gasteiger partial charge on any atom is 1.00 e. The van der Waals surface area contributed by atoms with Crippen LogP contribution >= 0.6 is 0 Å². The van der Waals surface area contributed by atoms with Crippen molar-refractivity contribution in [2.75, 3.05) is 6.61 Å². The van der Waals surface area contributed by atoms with Crippen LogP contribution in [0, 0.1) is 0 Å². The van der Waals surface area contributed by atoms with Crippen LogP contribution in [0.2, 0.25) is 0 Å². The minimum Gasteiger partial charge on any atom is -1.00 e. The van der Waals surface area contributed by atoms with Crippen LogP contribution in [0.3, 0.4) is 0 Å². The molecule has 0 aromatic heterocycles. The van der Waals surface area contributed by atoms with Gasteiger partial charge >= 0.3 is 29.6 Å². The van der Waals surface area contributed by atoms with Crippen molar-refractivity contribution in [2.45, 2.75) is 13.3 Å². The average molecular weight is 218 g/mol. The standard InChI is InChI=1S/C3H5NO.C3H8O3S.Na.H/c1-2-3(4)5;1-2-3-6-7(4)5;;/h2H,1H2,(H2,4,5);2-3H2,1H3,(H,4,5);;/q;;+1;-1/p-1. The minimum atomic E-state index is -2.32. The molecule has 0 aliphatic carbocycles. The second-order valence-corrected chi connectivity index (χ2v) is 2.28. The molecule has 0 aromatic carbocycles. The van der Waals surface area contributed by atoms with Gasteiger partial charge in [0, 0.05) is 0 Å². The van der Waals surface area contributed by atoms with E-state index in [9.17, 15) is 13.6 Å². The quantitative estimate of drug-likeness (QED) is 0.309. The Kier molecular flexibility index (Phi) is 21.6. The van der Waals surface area contributed by atoms with E-state index in [0.717, 1.165) is 12.5 Å². The van der Waals surface area contributed by atoms with Crippen molar-refractivity contribution in [1.82, 2.24) is 0 Å². The summed E-state index contributed by atoms with van der Waals surface area (Å²) in [5.41, 5.74) is 4.53. The summed E-state index contributed by atoms with van der Waals surface area (Å²) in [6, 6.07) is 0. The third-order valence-corrected chi connectivity index (χ3v) is 0.944. The number of amides is 1. The monoisotopic (exact) mass is 218 g/mol. The molecule has 0 saturated heterocycles. The largest absolute Gasteiger partial charge is 1.00 e. The van der Waals surface area contributed by atoms with Crippen molar-refractivity contribution >= 4 is 17.3 Å². The van der Waals surface area contributed by atoms with Crippen molar-refractivity contribution < 1.29 is 48.7 Å². The van der Waals surface area contributed by atoms with E-state index in [1.807, 2.05) is 6.92 Å². The Morgan fingerprint density at radius 1 is 1.85 bits per heavy atom.